The van der Waals surface area contributed by atoms with E-state index in [-0.39, 0.29) is 24.1 Å². The van der Waals surface area contributed by atoms with E-state index < -0.39 is 6.04 Å². The van der Waals surface area contributed by atoms with Crippen molar-refractivity contribution in [2.75, 3.05) is 10.6 Å². The molecule has 0 saturated heterocycles. The summed E-state index contributed by atoms with van der Waals surface area (Å²) in [6, 6.07) is 22.3. The standard InChI is InChI=1S/C24H22ClN3O3/c1-16(29)26-18-10-7-11-19(14-18)27-23(30)15-22(17-8-3-2-4-9-17)28-24(31)20-12-5-6-13-21(20)25/h2-14,22H,15H2,1H3,(H,26,29)(H,27,30)(H,28,31). The van der Waals surface area contributed by atoms with E-state index in [1.807, 2.05) is 30.3 Å². The van der Waals surface area contributed by atoms with Gasteiger partial charge in [-0.25, -0.2) is 0 Å². The average Bonchev–Trinajstić information content (AvgIpc) is 2.74. The van der Waals surface area contributed by atoms with Gasteiger partial charge in [0, 0.05) is 18.3 Å². The van der Waals surface area contributed by atoms with Crippen molar-refractivity contribution >= 4 is 40.7 Å². The second-order valence-corrected chi connectivity index (χ2v) is 7.34. The number of carbonyl (C=O) groups is 3. The number of halogens is 1. The predicted molar refractivity (Wildman–Crippen MR) is 122 cm³/mol. The van der Waals surface area contributed by atoms with Crippen LogP contribution < -0.4 is 16.0 Å². The molecular weight excluding hydrogens is 414 g/mol. The predicted octanol–water partition coefficient (Wildman–Crippen LogP) is 4.80. The Morgan fingerprint density at radius 1 is 0.839 bits per heavy atom. The van der Waals surface area contributed by atoms with Crippen LogP contribution >= 0.6 is 11.6 Å². The molecule has 0 bridgehead atoms. The minimum atomic E-state index is -0.552. The first-order valence-corrected chi connectivity index (χ1v) is 10.1. The Kier molecular flexibility index (Phi) is 7.40. The van der Waals surface area contributed by atoms with Gasteiger partial charge in [-0.15, -0.1) is 0 Å². The molecule has 0 aromatic heterocycles. The molecule has 3 aromatic carbocycles. The van der Waals surface area contributed by atoms with Crippen LogP contribution in [0.5, 0.6) is 0 Å². The van der Waals surface area contributed by atoms with Crippen LogP contribution in [0, 0.1) is 0 Å². The third-order valence-corrected chi connectivity index (χ3v) is 4.81. The zero-order valence-electron chi connectivity index (χ0n) is 16.9. The lowest BCUT2D eigenvalue weighted by atomic mass is 10.0. The lowest BCUT2D eigenvalue weighted by molar-refractivity contribution is -0.116. The van der Waals surface area contributed by atoms with Gasteiger partial charge < -0.3 is 16.0 Å². The van der Waals surface area contributed by atoms with Gasteiger partial charge in [0.25, 0.3) is 5.91 Å². The highest BCUT2D eigenvalue weighted by atomic mass is 35.5. The maximum absolute atomic E-state index is 12.8. The Morgan fingerprint density at radius 2 is 1.48 bits per heavy atom. The van der Waals surface area contributed by atoms with Crippen molar-refractivity contribution in [1.82, 2.24) is 5.32 Å². The summed E-state index contributed by atoms with van der Waals surface area (Å²) in [5, 5.41) is 8.73. The summed E-state index contributed by atoms with van der Waals surface area (Å²) >= 11 is 6.14. The molecule has 1 unspecified atom stereocenters. The molecule has 3 rings (SSSR count). The molecule has 3 amide bonds. The third-order valence-electron chi connectivity index (χ3n) is 4.48. The van der Waals surface area contributed by atoms with Gasteiger partial charge in [0.1, 0.15) is 0 Å². The maximum atomic E-state index is 12.8. The first-order valence-electron chi connectivity index (χ1n) is 9.70. The van der Waals surface area contributed by atoms with Crippen molar-refractivity contribution in [3.8, 4) is 0 Å². The van der Waals surface area contributed by atoms with E-state index in [0.29, 0.717) is 22.0 Å². The molecule has 0 heterocycles. The van der Waals surface area contributed by atoms with Crippen LogP contribution in [0.1, 0.15) is 35.3 Å². The summed E-state index contributed by atoms with van der Waals surface area (Å²) in [7, 11) is 0. The van der Waals surface area contributed by atoms with Crippen molar-refractivity contribution in [3.05, 3.63) is 95.0 Å². The van der Waals surface area contributed by atoms with Crippen LogP contribution in [0.25, 0.3) is 0 Å². The van der Waals surface area contributed by atoms with Gasteiger partial charge in [-0.1, -0.05) is 60.1 Å². The molecule has 158 valence electrons. The molecule has 0 aliphatic carbocycles. The summed E-state index contributed by atoms with van der Waals surface area (Å²) in [4.78, 5) is 36.8. The number of hydrogen-bond acceptors (Lipinski definition) is 3. The monoisotopic (exact) mass is 435 g/mol. The van der Waals surface area contributed by atoms with Gasteiger partial charge in [0.15, 0.2) is 0 Å². The Balaban J connectivity index is 1.75. The zero-order valence-corrected chi connectivity index (χ0v) is 17.6. The molecule has 7 heteroatoms. The minimum Gasteiger partial charge on any atom is -0.345 e. The number of carbonyl (C=O) groups excluding carboxylic acids is 3. The van der Waals surface area contributed by atoms with Gasteiger partial charge in [-0.3, -0.25) is 14.4 Å². The van der Waals surface area contributed by atoms with Gasteiger partial charge in [-0.2, -0.15) is 0 Å². The second-order valence-electron chi connectivity index (χ2n) is 6.93. The van der Waals surface area contributed by atoms with Crippen LogP contribution in [-0.2, 0) is 9.59 Å². The number of anilines is 2. The molecular formula is C24H22ClN3O3. The van der Waals surface area contributed by atoms with Crippen LogP contribution in [0.3, 0.4) is 0 Å². The summed E-state index contributed by atoms with van der Waals surface area (Å²) < 4.78 is 0. The largest absolute Gasteiger partial charge is 0.345 e. The quantitative estimate of drug-likeness (QED) is 0.498. The van der Waals surface area contributed by atoms with Crippen LogP contribution in [0.15, 0.2) is 78.9 Å². The van der Waals surface area contributed by atoms with E-state index in [4.69, 9.17) is 11.6 Å². The lowest BCUT2D eigenvalue weighted by Crippen LogP contribution is -2.31. The van der Waals surface area contributed by atoms with Crippen molar-refractivity contribution in [2.45, 2.75) is 19.4 Å². The molecule has 1 atom stereocenters. The Hall–Kier alpha value is -3.64. The highest BCUT2D eigenvalue weighted by Crippen LogP contribution is 2.22. The Labute approximate surface area is 185 Å². The van der Waals surface area contributed by atoms with E-state index in [0.717, 1.165) is 5.56 Å². The maximum Gasteiger partial charge on any atom is 0.253 e. The van der Waals surface area contributed by atoms with E-state index >= 15 is 0 Å². The highest BCUT2D eigenvalue weighted by Gasteiger charge is 2.20. The molecule has 3 aromatic rings. The van der Waals surface area contributed by atoms with Gasteiger partial charge in [0.2, 0.25) is 11.8 Å². The normalized spacial score (nSPS) is 11.3. The van der Waals surface area contributed by atoms with Crippen molar-refractivity contribution in [3.63, 3.8) is 0 Å². The first kappa shape index (κ1) is 22.1. The number of rotatable bonds is 7. The van der Waals surface area contributed by atoms with E-state index in [1.54, 1.807) is 48.5 Å². The van der Waals surface area contributed by atoms with Gasteiger partial charge in [0.05, 0.1) is 23.0 Å². The molecule has 0 aliphatic rings. The van der Waals surface area contributed by atoms with Crippen molar-refractivity contribution in [1.29, 1.82) is 0 Å². The minimum absolute atomic E-state index is 0.0184. The SMILES string of the molecule is CC(=O)Nc1cccc(NC(=O)CC(NC(=O)c2ccccc2Cl)c2ccccc2)c1. The fraction of sp³-hybridized carbons (Fsp3) is 0.125. The fourth-order valence-electron chi connectivity index (χ4n) is 3.09. The number of benzene rings is 3. The molecule has 6 nitrogen and oxygen atoms in total. The van der Waals surface area contributed by atoms with E-state index in [1.165, 1.54) is 6.92 Å². The smallest absolute Gasteiger partial charge is 0.253 e. The van der Waals surface area contributed by atoms with E-state index in [9.17, 15) is 14.4 Å². The summed E-state index contributed by atoms with van der Waals surface area (Å²) in [6.45, 7) is 1.41. The van der Waals surface area contributed by atoms with Crippen molar-refractivity contribution < 1.29 is 14.4 Å². The van der Waals surface area contributed by atoms with Crippen LogP contribution in [0.2, 0.25) is 5.02 Å². The van der Waals surface area contributed by atoms with Crippen molar-refractivity contribution in [2.24, 2.45) is 0 Å². The van der Waals surface area contributed by atoms with Crippen LogP contribution in [0.4, 0.5) is 11.4 Å². The second kappa shape index (κ2) is 10.4. The molecule has 31 heavy (non-hydrogen) atoms. The lowest BCUT2D eigenvalue weighted by Gasteiger charge is -2.19. The highest BCUT2D eigenvalue weighted by molar-refractivity contribution is 6.33. The van der Waals surface area contributed by atoms with Gasteiger partial charge >= 0.3 is 0 Å². The topological polar surface area (TPSA) is 87.3 Å². The summed E-state index contributed by atoms with van der Waals surface area (Å²) in [5.74, 6) is -0.844. The molecule has 0 saturated carbocycles. The zero-order chi connectivity index (χ0) is 22.2. The van der Waals surface area contributed by atoms with Gasteiger partial charge in [-0.05, 0) is 35.9 Å². The summed E-state index contributed by atoms with van der Waals surface area (Å²) in [6.07, 6.45) is 0.0184. The fourth-order valence-corrected chi connectivity index (χ4v) is 3.32. The number of nitrogens with one attached hydrogen (secondary N) is 3. The van der Waals surface area contributed by atoms with Crippen LogP contribution in [-0.4, -0.2) is 17.7 Å². The molecule has 0 spiro atoms. The first-order chi connectivity index (χ1) is 14.9. The Morgan fingerprint density at radius 3 is 2.16 bits per heavy atom. The molecule has 0 fully saturated rings. The third kappa shape index (κ3) is 6.42. The number of hydrogen-bond donors (Lipinski definition) is 3. The average molecular weight is 436 g/mol. The molecule has 0 radical (unpaired) electrons. The van der Waals surface area contributed by atoms with E-state index in [2.05, 4.69) is 16.0 Å². The summed E-state index contributed by atoms with van der Waals surface area (Å²) in [5.41, 5.74) is 2.26. The number of amides is 3. The molecule has 3 N–H and O–H groups in total. The Bertz CT molecular complexity index is 1090. The molecule has 0 aliphatic heterocycles.